The van der Waals surface area contributed by atoms with Crippen LogP contribution in [0, 0.1) is 0 Å². The highest BCUT2D eigenvalue weighted by atomic mass is 16.6. The van der Waals surface area contributed by atoms with Gasteiger partial charge in [-0.25, -0.2) is 9.97 Å². The van der Waals surface area contributed by atoms with Gasteiger partial charge in [0.15, 0.2) is 11.5 Å². The fourth-order valence-electron chi connectivity index (χ4n) is 2.29. The Bertz CT molecular complexity index is 721. The molecule has 24 heavy (non-hydrogen) atoms. The first kappa shape index (κ1) is 16.0. The van der Waals surface area contributed by atoms with Crippen molar-refractivity contribution in [3.63, 3.8) is 0 Å². The smallest absolute Gasteiger partial charge is 0.274 e. The lowest BCUT2D eigenvalue weighted by atomic mass is 10.2. The minimum Gasteiger partial charge on any atom is -0.486 e. The number of carbonyl (C=O) groups excluding carboxylic acids is 1. The largest absolute Gasteiger partial charge is 0.486 e. The van der Waals surface area contributed by atoms with Gasteiger partial charge in [-0.15, -0.1) is 0 Å². The number of nitrogens with zero attached hydrogens (tertiary/aromatic N) is 2. The summed E-state index contributed by atoms with van der Waals surface area (Å²) in [5.41, 5.74) is 0.933. The summed E-state index contributed by atoms with van der Waals surface area (Å²) in [4.78, 5) is 20.5. The summed E-state index contributed by atoms with van der Waals surface area (Å²) in [5.74, 6) is 1.66. The van der Waals surface area contributed by atoms with E-state index in [1.807, 2.05) is 0 Å². The van der Waals surface area contributed by atoms with Crippen molar-refractivity contribution in [3.8, 4) is 11.5 Å². The molecule has 0 atom stereocenters. The van der Waals surface area contributed by atoms with Gasteiger partial charge >= 0.3 is 0 Å². The summed E-state index contributed by atoms with van der Waals surface area (Å²) in [6.45, 7) is 3.97. The second-order valence-corrected chi connectivity index (χ2v) is 5.38. The van der Waals surface area contributed by atoms with Crippen molar-refractivity contribution in [2.24, 2.45) is 0 Å². The normalized spacial score (nSPS) is 12.5. The molecule has 0 spiro atoms. The van der Waals surface area contributed by atoms with Crippen LogP contribution in [0.25, 0.3) is 0 Å². The topological polar surface area (TPSA) is 85.4 Å². The Labute approximate surface area is 140 Å². The number of aromatic nitrogens is 2. The maximum absolute atomic E-state index is 12.4. The van der Waals surface area contributed by atoms with Crippen LogP contribution in [-0.2, 0) is 0 Å². The van der Waals surface area contributed by atoms with Crippen LogP contribution in [0.3, 0.4) is 0 Å². The van der Waals surface area contributed by atoms with E-state index < -0.39 is 0 Å². The third kappa shape index (κ3) is 3.92. The van der Waals surface area contributed by atoms with Gasteiger partial charge in [-0.1, -0.05) is 13.3 Å². The highest BCUT2D eigenvalue weighted by molar-refractivity contribution is 6.03. The SMILES string of the molecule is CCCCNc1cc(C(=O)Nc2ccc3c(c2)OCCO3)ncn1. The zero-order valence-electron chi connectivity index (χ0n) is 13.5. The van der Waals surface area contributed by atoms with Crippen molar-refractivity contribution >= 4 is 17.4 Å². The van der Waals surface area contributed by atoms with E-state index >= 15 is 0 Å². The number of anilines is 2. The number of rotatable bonds is 6. The lowest BCUT2D eigenvalue weighted by Crippen LogP contribution is -2.17. The summed E-state index contributed by atoms with van der Waals surface area (Å²) in [5, 5.41) is 5.99. The van der Waals surface area contributed by atoms with Crippen molar-refractivity contribution in [2.45, 2.75) is 19.8 Å². The number of benzene rings is 1. The number of ether oxygens (including phenoxy) is 2. The van der Waals surface area contributed by atoms with E-state index in [-0.39, 0.29) is 5.91 Å². The van der Waals surface area contributed by atoms with Gasteiger partial charge in [0, 0.05) is 24.4 Å². The van der Waals surface area contributed by atoms with Gasteiger partial charge in [0.25, 0.3) is 5.91 Å². The van der Waals surface area contributed by atoms with E-state index in [1.54, 1.807) is 24.3 Å². The minimum atomic E-state index is -0.299. The number of unbranched alkanes of at least 4 members (excludes halogenated alkanes) is 1. The van der Waals surface area contributed by atoms with E-state index in [0.717, 1.165) is 19.4 Å². The van der Waals surface area contributed by atoms with Crippen LogP contribution in [0.1, 0.15) is 30.3 Å². The van der Waals surface area contributed by atoms with Gasteiger partial charge in [-0.2, -0.15) is 0 Å². The van der Waals surface area contributed by atoms with Gasteiger partial charge in [-0.05, 0) is 18.6 Å². The fraction of sp³-hybridized carbons (Fsp3) is 0.353. The zero-order valence-corrected chi connectivity index (χ0v) is 13.5. The number of hydrogen-bond acceptors (Lipinski definition) is 6. The summed E-state index contributed by atoms with van der Waals surface area (Å²) >= 11 is 0. The van der Waals surface area contributed by atoms with Crippen molar-refractivity contribution in [3.05, 3.63) is 36.3 Å². The predicted molar refractivity (Wildman–Crippen MR) is 90.8 cm³/mol. The van der Waals surface area contributed by atoms with Crippen molar-refractivity contribution in [1.29, 1.82) is 0 Å². The monoisotopic (exact) mass is 328 g/mol. The molecule has 7 nitrogen and oxygen atoms in total. The van der Waals surface area contributed by atoms with Crippen LogP contribution in [0.15, 0.2) is 30.6 Å². The molecule has 0 saturated heterocycles. The van der Waals surface area contributed by atoms with Gasteiger partial charge in [0.1, 0.15) is 31.1 Å². The Balaban J connectivity index is 1.67. The summed E-state index contributed by atoms with van der Waals surface area (Å²) < 4.78 is 11.0. The van der Waals surface area contributed by atoms with E-state index in [0.29, 0.717) is 41.9 Å². The maximum Gasteiger partial charge on any atom is 0.274 e. The molecule has 0 saturated carbocycles. The number of hydrogen-bond donors (Lipinski definition) is 2. The molecular weight excluding hydrogens is 308 g/mol. The van der Waals surface area contributed by atoms with E-state index in [9.17, 15) is 4.79 Å². The molecule has 126 valence electrons. The van der Waals surface area contributed by atoms with Crippen LogP contribution in [0.5, 0.6) is 11.5 Å². The van der Waals surface area contributed by atoms with E-state index in [2.05, 4.69) is 27.5 Å². The Hall–Kier alpha value is -2.83. The molecule has 0 unspecified atom stereocenters. The van der Waals surface area contributed by atoms with Gasteiger partial charge in [0.2, 0.25) is 0 Å². The predicted octanol–water partition coefficient (Wildman–Crippen LogP) is 2.71. The average molecular weight is 328 g/mol. The molecule has 2 heterocycles. The third-order valence-corrected chi connectivity index (χ3v) is 3.54. The Kier molecular flexibility index (Phi) is 5.10. The van der Waals surface area contributed by atoms with Crippen molar-refractivity contribution < 1.29 is 14.3 Å². The van der Waals surface area contributed by atoms with Crippen LogP contribution >= 0.6 is 0 Å². The maximum atomic E-state index is 12.4. The molecule has 3 rings (SSSR count). The average Bonchev–Trinajstić information content (AvgIpc) is 2.62. The molecule has 0 bridgehead atoms. The standard InChI is InChI=1S/C17H20N4O3/c1-2-3-6-18-16-10-13(19-11-20-16)17(22)21-12-4-5-14-15(9-12)24-8-7-23-14/h4-5,9-11H,2-3,6-8H2,1H3,(H,21,22)(H,18,19,20). The lowest BCUT2D eigenvalue weighted by Gasteiger charge is -2.19. The number of nitrogens with one attached hydrogen (secondary N) is 2. The molecule has 1 aliphatic rings. The first-order chi connectivity index (χ1) is 11.8. The Morgan fingerprint density at radius 3 is 2.83 bits per heavy atom. The summed E-state index contributed by atoms with van der Waals surface area (Å²) in [6, 6.07) is 6.94. The fourth-order valence-corrected chi connectivity index (χ4v) is 2.29. The highest BCUT2D eigenvalue weighted by Gasteiger charge is 2.14. The van der Waals surface area contributed by atoms with Crippen molar-refractivity contribution in [1.82, 2.24) is 9.97 Å². The van der Waals surface area contributed by atoms with Crippen LogP contribution in [0.4, 0.5) is 11.5 Å². The molecule has 1 aromatic heterocycles. The van der Waals surface area contributed by atoms with E-state index in [1.165, 1.54) is 6.33 Å². The molecule has 1 aliphatic heterocycles. The van der Waals surface area contributed by atoms with Crippen LogP contribution in [0.2, 0.25) is 0 Å². The zero-order chi connectivity index (χ0) is 16.8. The Morgan fingerprint density at radius 2 is 2.00 bits per heavy atom. The van der Waals surface area contributed by atoms with Gasteiger partial charge < -0.3 is 20.1 Å². The molecule has 0 fully saturated rings. The first-order valence-corrected chi connectivity index (χ1v) is 8.03. The molecular formula is C17H20N4O3. The number of fused-ring (bicyclic) bond motifs is 1. The van der Waals surface area contributed by atoms with Crippen LogP contribution < -0.4 is 20.1 Å². The quantitative estimate of drug-likeness (QED) is 0.793. The number of amides is 1. The summed E-state index contributed by atoms with van der Waals surface area (Å²) in [6.07, 6.45) is 3.52. The summed E-state index contributed by atoms with van der Waals surface area (Å²) in [7, 11) is 0. The second kappa shape index (κ2) is 7.63. The molecule has 1 amide bonds. The number of carbonyl (C=O) groups is 1. The Morgan fingerprint density at radius 1 is 1.17 bits per heavy atom. The molecule has 2 aromatic rings. The minimum absolute atomic E-state index is 0.299. The third-order valence-electron chi connectivity index (χ3n) is 3.54. The first-order valence-electron chi connectivity index (χ1n) is 8.03. The molecule has 1 aromatic carbocycles. The molecule has 0 radical (unpaired) electrons. The molecule has 0 aliphatic carbocycles. The van der Waals surface area contributed by atoms with Gasteiger partial charge in [0.05, 0.1) is 0 Å². The van der Waals surface area contributed by atoms with Crippen molar-refractivity contribution in [2.75, 3.05) is 30.4 Å². The molecule has 2 N–H and O–H groups in total. The van der Waals surface area contributed by atoms with Crippen LogP contribution in [-0.4, -0.2) is 35.6 Å². The molecule has 7 heteroatoms. The lowest BCUT2D eigenvalue weighted by molar-refractivity contribution is 0.102. The highest BCUT2D eigenvalue weighted by Crippen LogP contribution is 2.32. The second-order valence-electron chi connectivity index (χ2n) is 5.38. The van der Waals surface area contributed by atoms with E-state index in [4.69, 9.17) is 9.47 Å². The van der Waals surface area contributed by atoms with Gasteiger partial charge in [-0.3, -0.25) is 4.79 Å².